The average molecular weight is 182 g/mol. The van der Waals surface area contributed by atoms with Crippen molar-refractivity contribution in [3.05, 3.63) is 30.3 Å². The zero-order valence-corrected chi connectivity index (χ0v) is 8.30. The summed E-state index contributed by atoms with van der Waals surface area (Å²) in [5, 5.41) is 10.5. The molecule has 0 saturated carbocycles. The van der Waals surface area contributed by atoms with Gasteiger partial charge in [0, 0.05) is 0 Å². The second-order valence-electron chi connectivity index (χ2n) is 2.74. The summed E-state index contributed by atoms with van der Waals surface area (Å²) in [5.74, 6) is 0. The van der Waals surface area contributed by atoms with Gasteiger partial charge in [0.15, 0.2) is 0 Å². The Kier molecular flexibility index (Phi) is 4.27. The molecule has 1 nitrogen and oxygen atoms in total. The Morgan fingerprint density at radius 2 is 1.92 bits per heavy atom. The molecule has 66 valence electrons. The fourth-order valence-corrected chi connectivity index (χ4v) is 2.89. The largest absolute Gasteiger partial charge is 0.392 e. The molecule has 1 aromatic rings. The van der Waals surface area contributed by atoms with E-state index in [1.54, 1.807) is 0 Å². The smallest absolute Gasteiger partial charge is 0.0666 e. The van der Waals surface area contributed by atoms with E-state index < -0.39 is 0 Å². The summed E-state index contributed by atoms with van der Waals surface area (Å²) in [5.41, 5.74) is 0. The molecule has 0 saturated heterocycles. The van der Waals surface area contributed by atoms with Crippen molar-refractivity contribution >= 4 is 13.2 Å². The second-order valence-corrected chi connectivity index (χ2v) is 5.07. The van der Waals surface area contributed by atoms with Crippen LogP contribution in [0.3, 0.4) is 0 Å². The molecular formula is C10H15OP. The highest BCUT2D eigenvalue weighted by atomic mass is 31.1. The zero-order valence-electron chi connectivity index (χ0n) is 7.40. The highest BCUT2D eigenvalue weighted by Gasteiger charge is 2.06. The maximum absolute atomic E-state index is 9.14. The molecule has 0 aliphatic rings. The molecule has 0 amide bonds. The van der Waals surface area contributed by atoms with Gasteiger partial charge in [0.2, 0.25) is 0 Å². The standard InChI is InChI=1S/C10H15OP/c1-2-8-12(9-11)10-6-4-3-5-7-10/h3-7,11H,2,8-9H2,1H3. The van der Waals surface area contributed by atoms with E-state index in [1.165, 1.54) is 5.30 Å². The predicted octanol–water partition coefficient (Wildman–Crippen LogP) is 2.15. The Hall–Kier alpha value is -0.390. The third-order valence-corrected chi connectivity index (χ3v) is 4.14. The van der Waals surface area contributed by atoms with Gasteiger partial charge in [0.25, 0.3) is 0 Å². The molecule has 0 spiro atoms. The summed E-state index contributed by atoms with van der Waals surface area (Å²) in [7, 11) is -0.298. The third-order valence-electron chi connectivity index (χ3n) is 1.79. The first-order valence-corrected chi connectivity index (χ1v) is 6.00. The van der Waals surface area contributed by atoms with Gasteiger partial charge in [-0.1, -0.05) is 43.7 Å². The summed E-state index contributed by atoms with van der Waals surface area (Å²) in [6.07, 6.45) is 2.62. The second kappa shape index (κ2) is 5.29. The van der Waals surface area contributed by atoms with Crippen molar-refractivity contribution in [3.8, 4) is 0 Å². The van der Waals surface area contributed by atoms with Crippen LogP contribution in [0.4, 0.5) is 0 Å². The Morgan fingerprint density at radius 3 is 2.42 bits per heavy atom. The fraction of sp³-hybridized carbons (Fsp3) is 0.400. The van der Waals surface area contributed by atoms with Gasteiger partial charge in [0.1, 0.15) is 0 Å². The number of hydrogen-bond donors (Lipinski definition) is 1. The molecule has 0 fully saturated rings. The van der Waals surface area contributed by atoms with E-state index in [0.717, 1.165) is 12.6 Å². The van der Waals surface area contributed by atoms with Crippen LogP contribution in [0, 0.1) is 0 Å². The minimum absolute atomic E-state index is 0.298. The van der Waals surface area contributed by atoms with Gasteiger partial charge in [-0.3, -0.25) is 0 Å². The van der Waals surface area contributed by atoms with Crippen LogP contribution in [0.15, 0.2) is 30.3 Å². The Balaban J connectivity index is 2.66. The van der Waals surface area contributed by atoms with Crippen LogP contribution in [0.25, 0.3) is 0 Å². The minimum atomic E-state index is -0.298. The lowest BCUT2D eigenvalue weighted by molar-refractivity contribution is 0.371. The first-order valence-electron chi connectivity index (χ1n) is 4.29. The molecular weight excluding hydrogens is 167 g/mol. The predicted molar refractivity (Wildman–Crippen MR) is 55.2 cm³/mol. The van der Waals surface area contributed by atoms with Crippen LogP contribution in [0.5, 0.6) is 0 Å². The van der Waals surface area contributed by atoms with Gasteiger partial charge in [0.05, 0.1) is 6.35 Å². The number of aliphatic hydroxyl groups excluding tert-OH is 1. The van der Waals surface area contributed by atoms with Crippen molar-refractivity contribution in [1.29, 1.82) is 0 Å². The zero-order chi connectivity index (χ0) is 8.81. The van der Waals surface area contributed by atoms with Crippen molar-refractivity contribution < 1.29 is 5.11 Å². The van der Waals surface area contributed by atoms with Gasteiger partial charge < -0.3 is 5.11 Å². The molecule has 0 aliphatic heterocycles. The van der Waals surface area contributed by atoms with Gasteiger partial charge in [-0.2, -0.15) is 0 Å². The highest BCUT2D eigenvalue weighted by Crippen LogP contribution is 2.33. The summed E-state index contributed by atoms with van der Waals surface area (Å²) in [4.78, 5) is 0. The summed E-state index contributed by atoms with van der Waals surface area (Å²) >= 11 is 0. The number of benzene rings is 1. The number of aliphatic hydroxyl groups is 1. The van der Waals surface area contributed by atoms with Crippen molar-refractivity contribution in [2.75, 3.05) is 12.5 Å². The molecule has 1 atom stereocenters. The van der Waals surface area contributed by atoms with E-state index in [2.05, 4.69) is 19.1 Å². The molecule has 0 bridgehead atoms. The molecule has 12 heavy (non-hydrogen) atoms. The van der Waals surface area contributed by atoms with Crippen LogP contribution in [-0.2, 0) is 0 Å². The molecule has 0 aromatic heterocycles. The van der Waals surface area contributed by atoms with Crippen molar-refractivity contribution in [2.45, 2.75) is 13.3 Å². The summed E-state index contributed by atoms with van der Waals surface area (Å²) in [6, 6.07) is 10.3. The van der Waals surface area contributed by atoms with Crippen molar-refractivity contribution in [2.24, 2.45) is 0 Å². The maximum Gasteiger partial charge on any atom is 0.0666 e. The molecule has 1 rings (SSSR count). The van der Waals surface area contributed by atoms with E-state index in [0.29, 0.717) is 6.35 Å². The number of rotatable bonds is 4. The maximum atomic E-state index is 9.14. The molecule has 0 aliphatic carbocycles. The van der Waals surface area contributed by atoms with E-state index in [9.17, 15) is 0 Å². The Morgan fingerprint density at radius 1 is 1.25 bits per heavy atom. The normalized spacial score (nSPS) is 12.8. The van der Waals surface area contributed by atoms with Crippen LogP contribution >= 0.6 is 7.92 Å². The minimum Gasteiger partial charge on any atom is -0.392 e. The van der Waals surface area contributed by atoms with Gasteiger partial charge in [-0.15, -0.1) is 0 Å². The van der Waals surface area contributed by atoms with E-state index in [-0.39, 0.29) is 7.92 Å². The van der Waals surface area contributed by atoms with Gasteiger partial charge >= 0.3 is 0 Å². The average Bonchev–Trinajstić information content (AvgIpc) is 2.15. The topological polar surface area (TPSA) is 20.2 Å². The van der Waals surface area contributed by atoms with Crippen LogP contribution in [-0.4, -0.2) is 17.6 Å². The Bertz CT molecular complexity index is 210. The lowest BCUT2D eigenvalue weighted by Gasteiger charge is -2.13. The summed E-state index contributed by atoms with van der Waals surface area (Å²) < 4.78 is 0. The van der Waals surface area contributed by atoms with Gasteiger partial charge in [-0.25, -0.2) is 0 Å². The van der Waals surface area contributed by atoms with Crippen molar-refractivity contribution in [3.63, 3.8) is 0 Å². The first kappa shape index (κ1) is 9.70. The molecule has 1 unspecified atom stereocenters. The van der Waals surface area contributed by atoms with E-state index in [1.807, 2.05) is 18.2 Å². The lowest BCUT2D eigenvalue weighted by atomic mass is 10.4. The van der Waals surface area contributed by atoms with Crippen LogP contribution in [0.1, 0.15) is 13.3 Å². The number of hydrogen-bond acceptors (Lipinski definition) is 1. The molecule has 1 N–H and O–H groups in total. The van der Waals surface area contributed by atoms with Crippen molar-refractivity contribution in [1.82, 2.24) is 0 Å². The van der Waals surface area contributed by atoms with Gasteiger partial charge in [-0.05, 0) is 19.4 Å². The van der Waals surface area contributed by atoms with E-state index >= 15 is 0 Å². The highest BCUT2D eigenvalue weighted by molar-refractivity contribution is 7.65. The Labute approximate surface area is 75.2 Å². The molecule has 0 heterocycles. The SMILES string of the molecule is CCCP(CO)c1ccccc1. The van der Waals surface area contributed by atoms with Crippen LogP contribution in [0.2, 0.25) is 0 Å². The summed E-state index contributed by atoms with van der Waals surface area (Å²) in [6.45, 7) is 2.16. The van der Waals surface area contributed by atoms with Crippen LogP contribution < -0.4 is 5.30 Å². The molecule has 2 heteroatoms. The lowest BCUT2D eigenvalue weighted by Crippen LogP contribution is -2.04. The first-order chi connectivity index (χ1) is 5.88. The fourth-order valence-electron chi connectivity index (χ4n) is 1.19. The third kappa shape index (κ3) is 2.58. The molecule has 1 aromatic carbocycles. The quantitative estimate of drug-likeness (QED) is 0.707. The molecule has 0 radical (unpaired) electrons. The monoisotopic (exact) mass is 182 g/mol. The van der Waals surface area contributed by atoms with E-state index in [4.69, 9.17) is 5.11 Å².